The zero-order valence-corrected chi connectivity index (χ0v) is 10.8. The zero-order valence-electron chi connectivity index (χ0n) is 10.8. The number of likely N-dealkylation sites (N-methyl/N-ethyl adjacent to an activating group) is 1. The average molecular weight is 235 g/mol. The van der Waals surface area contributed by atoms with Gasteiger partial charge in [-0.3, -0.25) is 0 Å². The minimum absolute atomic E-state index is 0.0941. The number of benzene rings is 1. The molecule has 1 N–H and O–H groups in total. The molecule has 2 atom stereocenters. The van der Waals surface area contributed by atoms with Gasteiger partial charge in [-0.25, -0.2) is 4.39 Å². The molecule has 1 aromatic rings. The lowest BCUT2D eigenvalue weighted by Gasteiger charge is -2.25. The third-order valence-corrected chi connectivity index (χ3v) is 4.00. The van der Waals surface area contributed by atoms with Crippen LogP contribution in [0.3, 0.4) is 0 Å². The van der Waals surface area contributed by atoms with Crippen molar-refractivity contribution in [2.45, 2.75) is 51.0 Å². The first kappa shape index (κ1) is 12.6. The Balaban J connectivity index is 2.25. The van der Waals surface area contributed by atoms with Crippen LogP contribution in [-0.2, 0) is 0 Å². The molecule has 0 spiro atoms. The van der Waals surface area contributed by atoms with Crippen LogP contribution in [0.2, 0.25) is 0 Å². The van der Waals surface area contributed by atoms with Crippen LogP contribution in [0.4, 0.5) is 4.39 Å². The van der Waals surface area contributed by atoms with Crippen molar-refractivity contribution in [2.75, 3.05) is 7.05 Å². The molecular formula is C15H22FN. The predicted octanol–water partition coefficient (Wildman–Crippen LogP) is 3.77. The summed E-state index contributed by atoms with van der Waals surface area (Å²) in [6.45, 7) is 1.85. The summed E-state index contributed by atoms with van der Waals surface area (Å²) < 4.78 is 13.3. The molecule has 1 saturated carbocycles. The second kappa shape index (κ2) is 5.63. The number of nitrogens with one attached hydrogen (secondary N) is 1. The van der Waals surface area contributed by atoms with Crippen LogP contribution in [0.25, 0.3) is 0 Å². The first-order valence-corrected chi connectivity index (χ1v) is 6.65. The van der Waals surface area contributed by atoms with E-state index >= 15 is 0 Å². The normalized spacial score (nSPS) is 25.6. The third-order valence-electron chi connectivity index (χ3n) is 4.00. The van der Waals surface area contributed by atoms with E-state index in [9.17, 15) is 4.39 Å². The number of hydrogen-bond acceptors (Lipinski definition) is 1. The molecule has 2 heteroatoms. The zero-order chi connectivity index (χ0) is 12.3. The molecule has 2 unspecified atom stereocenters. The number of hydrogen-bond donors (Lipinski definition) is 1. The quantitative estimate of drug-likeness (QED) is 0.769. The SMILES string of the molecule is CNC1CCCCCC1c1ccc(F)c(C)c1. The highest BCUT2D eigenvalue weighted by molar-refractivity contribution is 5.28. The second-order valence-electron chi connectivity index (χ2n) is 5.15. The Morgan fingerprint density at radius 1 is 1.18 bits per heavy atom. The van der Waals surface area contributed by atoms with Crippen LogP contribution in [0.5, 0.6) is 0 Å². The highest BCUT2D eigenvalue weighted by atomic mass is 19.1. The van der Waals surface area contributed by atoms with Gasteiger partial charge in [0.05, 0.1) is 0 Å². The molecule has 0 radical (unpaired) electrons. The van der Waals surface area contributed by atoms with Gasteiger partial charge < -0.3 is 5.32 Å². The Labute approximate surface area is 103 Å². The van der Waals surface area contributed by atoms with Gasteiger partial charge in [0.1, 0.15) is 5.82 Å². The van der Waals surface area contributed by atoms with Crippen molar-refractivity contribution in [3.05, 3.63) is 35.1 Å². The van der Waals surface area contributed by atoms with Crippen molar-refractivity contribution in [1.29, 1.82) is 0 Å². The molecule has 17 heavy (non-hydrogen) atoms. The molecule has 1 aromatic carbocycles. The van der Waals surface area contributed by atoms with Crippen LogP contribution in [0, 0.1) is 12.7 Å². The van der Waals surface area contributed by atoms with Crippen LogP contribution >= 0.6 is 0 Å². The van der Waals surface area contributed by atoms with Crippen LogP contribution in [0.1, 0.15) is 49.1 Å². The van der Waals surface area contributed by atoms with Crippen molar-refractivity contribution >= 4 is 0 Å². The van der Waals surface area contributed by atoms with Crippen LogP contribution < -0.4 is 5.32 Å². The van der Waals surface area contributed by atoms with Gasteiger partial charge in [-0.05, 0) is 49.9 Å². The minimum atomic E-state index is -0.0941. The van der Waals surface area contributed by atoms with Gasteiger partial charge in [0.2, 0.25) is 0 Å². The lowest BCUT2D eigenvalue weighted by molar-refractivity contribution is 0.438. The van der Waals surface area contributed by atoms with E-state index in [2.05, 4.69) is 5.32 Å². The van der Waals surface area contributed by atoms with Gasteiger partial charge in [0.15, 0.2) is 0 Å². The van der Waals surface area contributed by atoms with Crippen molar-refractivity contribution in [1.82, 2.24) is 5.32 Å². The molecule has 0 amide bonds. The molecule has 1 fully saturated rings. The van der Waals surface area contributed by atoms with E-state index in [0.29, 0.717) is 12.0 Å². The molecule has 0 heterocycles. The Hall–Kier alpha value is -0.890. The fourth-order valence-corrected chi connectivity index (χ4v) is 2.95. The molecular weight excluding hydrogens is 213 g/mol. The van der Waals surface area contributed by atoms with Gasteiger partial charge >= 0.3 is 0 Å². The van der Waals surface area contributed by atoms with E-state index in [1.807, 2.05) is 26.1 Å². The van der Waals surface area contributed by atoms with Gasteiger partial charge in [-0.2, -0.15) is 0 Å². The smallest absolute Gasteiger partial charge is 0.126 e. The molecule has 1 nitrogen and oxygen atoms in total. The number of halogens is 1. The molecule has 0 aliphatic heterocycles. The molecule has 1 aliphatic carbocycles. The summed E-state index contributed by atoms with van der Waals surface area (Å²) >= 11 is 0. The van der Waals surface area contributed by atoms with E-state index < -0.39 is 0 Å². The molecule has 2 rings (SSSR count). The first-order valence-electron chi connectivity index (χ1n) is 6.65. The van der Waals surface area contributed by atoms with E-state index in [-0.39, 0.29) is 5.82 Å². The van der Waals surface area contributed by atoms with Gasteiger partial charge in [-0.1, -0.05) is 31.4 Å². The maximum absolute atomic E-state index is 13.3. The monoisotopic (exact) mass is 235 g/mol. The number of aryl methyl sites for hydroxylation is 1. The molecule has 94 valence electrons. The Bertz CT molecular complexity index is 375. The Morgan fingerprint density at radius 3 is 2.65 bits per heavy atom. The second-order valence-corrected chi connectivity index (χ2v) is 5.15. The summed E-state index contributed by atoms with van der Waals surface area (Å²) in [6, 6.07) is 6.14. The highest BCUT2D eigenvalue weighted by Gasteiger charge is 2.24. The fourth-order valence-electron chi connectivity index (χ4n) is 2.95. The fraction of sp³-hybridized carbons (Fsp3) is 0.600. The minimum Gasteiger partial charge on any atom is -0.316 e. The summed E-state index contributed by atoms with van der Waals surface area (Å²) in [7, 11) is 2.04. The largest absolute Gasteiger partial charge is 0.316 e. The summed E-state index contributed by atoms with van der Waals surface area (Å²) in [5.41, 5.74) is 2.06. The average Bonchev–Trinajstić information content (AvgIpc) is 2.57. The van der Waals surface area contributed by atoms with E-state index in [0.717, 1.165) is 5.56 Å². The molecule has 0 saturated heterocycles. The maximum Gasteiger partial charge on any atom is 0.126 e. The number of rotatable bonds is 2. The molecule has 0 aromatic heterocycles. The molecule has 1 aliphatic rings. The van der Waals surface area contributed by atoms with Gasteiger partial charge in [0.25, 0.3) is 0 Å². The summed E-state index contributed by atoms with van der Waals surface area (Å²) in [6.07, 6.45) is 6.38. The Morgan fingerprint density at radius 2 is 1.94 bits per heavy atom. The summed E-state index contributed by atoms with van der Waals surface area (Å²) in [5, 5.41) is 3.43. The standard InChI is InChI=1S/C15H22FN/c1-11-10-12(8-9-14(11)16)13-6-4-3-5-7-15(13)17-2/h8-10,13,15,17H,3-7H2,1-2H3. The predicted molar refractivity (Wildman–Crippen MR) is 69.8 cm³/mol. The van der Waals surface area contributed by atoms with Crippen molar-refractivity contribution in [3.63, 3.8) is 0 Å². The maximum atomic E-state index is 13.3. The van der Waals surface area contributed by atoms with Gasteiger partial charge in [0, 0.05) is 6.04 Å². The summed E-state index contributed by atoms with van der Waals surface area (Å²) in [5.74, 6) is 0.449. The van der Waals surface area contributed by atoms with Crippen molar-refractivity contribution in [3.8, 4) is 0 Å². The van der Waals surface area contributed by atoms with Crippen molar-refractivity contribution < 1.29 is 4.39 Å². The lowest BCUT2D eigenvalue weighted by Crippen LogP contribution is -2.31. The topological polar surface area (TPSA) is 12.0 Å². The first-order chi connectivity index (χ1) is 8.22. The molecule has 0 bridgehead atoms. The lowest BCUT2D eigenvalue weighted by atomic mass is 9.87. The Kier molecular flexibility index (Phi) is 4.16. The third kappa shape index (κ3) is 2.86. The highest BCUT2D eigenvalue weighted by Crippen LogP contribution is 2.32. The van der Waals surface area contributed by atoms with Crippen LogP contribution in [0.15, 0.2) is 18.2 Å². The van der Waals surface area contributed by atoms with Crippen molar-refractivity contribution in [2.24, 2.45) is 0 Å². The van der Waals surface area contributed by atoms with Gasteiger partial charge in [-0.15, -0.1) is 0 Å². The van der Waals surface area contributed by atoms with Crippen LogP contribution in [-0.4, -0.2) is 13.1 Å². The van der Waals surface area contributed by atoms with E-state index in [1.54, 1.807) is 6.07 Å². The van der Waals surface area contributed by atoms with E-state index in [4.69, 9.17) is 0 Å². The summed E-state index contributed by atoms with van der Waals surface area (Å²) in [4.78, 5) is 0. The van der Waals surface area contributed by atoms with E-state index in [1.165, 1.54) is 37.7 Å².